The van der Waals surface area contributed by atoms with E-state index in [-0.39, 0.29) is 34.8 Å². The lowest BCUT2D eigenvalue weighted by molar-refractivity contribution is -0.126. The number of Topliss-reactive ketones (excluding diaryl/α,β-unsaturated/α-hetero) is 5. The molecule has 1 aliphatic carbocycles. The Morgan fingerprint density at radius 2 is 0.927 bits per heavy atom. The molecule has 10 heterocycles. The van der Waals surface area contributed by atoms with Crippen molar-refractivity contribution in [2.24, 2.45) is 35.9 Å². The molecule has 1 aromatic carbocycles. The van der Waals surface area contributed by atoms with Gasteiger partial charge in [0.2, 0.25) is 0 Å². The second-order valence-electron chi connectivity index (χ2n) is 33.4. The number of aromatic nitrogens is 4. The van der Waals surface area contributed by atoms with E-state index in [4.69, 9.17) is 0 Å². The van der Waals surface area contributed by atoms with Gasteiger partial charge >= 0.3 is 0 Å². The molecule has 0 spiro atoms. The number of pyridine rings is 1. The number of thioether (sulfide) groups is 1. The van der Waals surface area contributed by atoms with Crippen molar-refractivity contribution in [3.63, 3.8) is 0 Å². The standard InChI is InChI=1S/C16H21N3O.C15H20N4O.2C14H23N3O.C12H20N2OS.C11H17N5.C11H19N3O/c1-12(2)18-16-9-13(10-17-16)15(20)11-19(3)14-7-5-4-6-8-14;1-11(2)18-15-8-12(9-17-15)14(20)10-19(3)13-4-6-16-7-5-13;1-10(2)17-14-7-11(8-16-14)13(18)9-15-12-5-3-4-6-12;1-4-11-5-6-17(9-11)14(18)12-7-13(15-8-12)16-10(2)3;1-4-5-16-8-11(15)10-6-12(13-7-10)14-9(2)3;1-8(2)14-11-5-10(15-16-11)13-7-9-3-4-12-6-9;1-4-12-7-10(15)9-5-11(13-6-9)14-8(2)3/h4-9,12H,10-11H2,1-3H3,(H,17,18);4-8,11H,9-10H2,1-3H3,(H,17,18);7,10,12,15H,3-6,8-9H2,1-2H3,(H,16,17);7,10-11H,4-6,8-9H2,1-3H3,(H,15,16);6,9H,4-5,7-8H2,1-3H3,(H,13,14);3-6,8,12H,7H2,1-2H3,(H3,13,14,15,16);5,8,12H,4,6-7H2,1-3H3,(H,13,14). The van der Waals surface area contributed by atoms with Crippen LogP contribution in [0.3, 0.4) is 0 Å². The van der Waals surface area contributed by atoms with Crippen LogP contribution < -0.4 is 63.0 Å². The molecule has 4 aromatic rings. The van der Waals surface area contributed by atoms with E-state index in [1.54, 1.807) is 24.2 Å². The fourth-order valence-electron chi connectivity index (χ4n) is 13.2. The highest BCUT2D eigenvalue weighted by Gasteiger charge is 2.29. The zero-order chi connectivity index (χ0) is 89.8. The zero-order valence-corrected chi connectivity index (χ0v) is 77.5. The Labute approximate surface area is 736 Å². The highest BCUT2D eigenvalue weighted by molar-refractivity contribution is 7.99. The summed E-state index contributed by atoms with van der Waals surface area (Å²) in [6.45, 7) is 43.3. The Balaban J connectivity index is 0.000000223. The predicted molar refractivity (Wildman–Crippen MR) is 511 cm³/mol. The molecule has 1 unspecified atom stereocenters. The average molecular weight is 1710 g/mol. The van der Waals surface area contributed by atoms with Crippen LogP contribution in [0.1, 0.15) is 168 Å². The highest BCUT2D eigenvalue weighted by atomic mass is 32.2. The zero-order valence-electron chi connectivity index (χ0n) is 76.7. The first-order valence-electron chi connectivity index (χ1n) is 44.0. The number of likely N-dealkylation sites (N-methyl/N-ethyl adjacent to an activating group) is 3. The van der Waals surface area contributed by atoms with E-state index in [0.29, 0.717) is 125 Å². The number of amides is 1. The largest absolute Gasteiger partial charge is 0.368 e. The number of ketones is 5. The molecule has 30 heteroatoms. The van der Waals surface area contributed by atoms with Crippen molar-refractivity contribution in [1.29, 1.82) is 0 Å². The Bertz CT molecular complexity index is 4270. The van der Waals surface area contributed by atoms with Gasteiger partial charge in [-0.1, -0.05) is 58.2 Å². The number of amidine groups is 6. The molecule has 29 nitrogen and oxygen atoms in total. The van der Waals surface area contributed by atoms with Crippen LogP contribution in [-0.2, 0) is 35.3 Å². The minimum Gasteiger partial charge on any atom is -0.368 e. The SMILES string of the molecule is CC(C)NC1=NCC(C(=O)CN(C)c2ccccc2)=C1.CC(C)NC1=NCC(C(=O)CN(C)c2ccncc2)=C1.CC(C)NC1=NCC(C(=O)CNC2CCCC2)=C1.CC(C)Nc1cc(NCc2cc[nH]c2)n[nH]1.CCC1CCN(C(=O)C2=CC(NC(C)C)=NC2)C1.CCCSCC(=O)C1=CC(NC(C)C)=NC1.CCNCC(=O)C1=CC(NC(C)C)=NC1. The Kier molecular flexibility index (Phi) is 45.1. The lowest BCUT2D eigenvalue weighted by Gasteiger charge is -2.18. The first-order valence-corrected chi connectivity index (χ1v) is 45.1. The molecule has 1 saturated heterocycles. The maximum absolute atomic E-state index is 12.3. The molecule has 672 valence electrons. The van der Waals surface area contributed by atoms with Gasteiger partial charge in [-0.3, -0.25) is 68.8 Å². The van der Waals surface area contributed by atoms with E-state index in [0.717, 1.165) is 136 Å². The molecule has 7 aliphatic heterocycles. The van der Waals surface area contributed by atoms with E-state index in [1.165, 1.54) is 37.7 Å². The van der Waals surface area contributed by atoms with Crippen molar-refractivity contribution < 1.29 is 28.8 Å². The monoisotopic (exact) mass is 1710 g/mol. The van der Waals surface area contributed by atoms with Gasteiger partial charge in [-0.15, -0.1) is 0 Å². The van der Waals surface area contributed by atoms with Crippen molar-refractivity contribution in [1.82, 2.24) is 67.6 Å². The normalized spacial score (nSPS) is 16.1. The molecule has 1 amide bonds. The van der Waals surface area contributed by atoms with Crippen LogP contribution in [0.25, 0.3) is 0 Å². The number of aromatic amines is 2. The summed E-state index contributed by atoms with van der Waals surface area (Å²) >= 11 is 1.70. The first-order chi connectivity index (χ1) is 58.9. The van der Waals surface area contributed by atoms with Gasteiger partial charge in [-0.05, 0) is 213 Å². The number of H-pyrrole nitrogens is 2. The number of hydrogen-bond acceptors (Lipinski definition) is 27. The van der Waals surface area contributed by atoms with E-state index in [9.17, 15) is 28.8 Å². The summed E-state index contributed by atoms with van der Waals surface area (Å²) in [7, 11) is 3.83. The van der Waals surface area contributed by atoms with Crippen LogP contribution in [0.4, 0.5) is 23.0 Å². The molecular weight excluding hydrogens is 1570 g/mol. The topological polar surface area (TPSA) is 364 Å². The number of hydrogen-bond donors (Lipinski definition) is 12. The summed E-state index contributed by atoms with van der Waals surface area (Å²) in [5.74, 6) is 10.0. The summed E-state index contributed by atoms with van der Waals surface area (Å²) in [5.41, 5.74) is 8.05. The van der Waals surface area contributed by atoms with Gasteiger partial charge in [-0.2, -0.15) is 16.9 Å². The second kappa shape index (κ2) is 54.8. The Hall–Kier alpha value is -10.6. The number of nitrogens with zero attached hydrogens (tertiary/aromatic N) is 11. The van der Waals surface area contributed by atoms with Crippen LogP contribution in [0.5, 0.6) is 0 Å². The number of carbonyl (C=O) groups excluding carboxylic acids is 6. The Morgan fingerprint density at radius 1 is 0.504 bits per heavy atom. The lowest BCUT2D eigenvalue weighted by atomic mass is 10.1. The Morgan fingerprint density at radius 3 is 1.34 bits per heavy atom. The molecule has 12 N–H and O–H groups in total. The molecule has 8 aliphatic rings. The fraction of sp³-hybridized carbons (Fsp3) is 0.548. The number of anilines is 4. The van der Waals surface area contributed by atoms with Gasteiger partial charge in [0.05, 0.1) is 71.2 Å². The number of rotatable bonds is 34. The van der Waals surface area contributed by atoms with E-state index < -0.39 is 0 Å². The number of likely N-dealkylation sites (tertiary alicyclic amines) is 1. The second-order valence-corrected chi connectivity index (χ2v) is 34.5. The molecular formula is C93H143N23O6S. The average Bonchev–Trinajstić information content (AvgIpc) is 1.73. The van der Waals surface area contributed by atoms with Crippen molar-refractivity contribution in [2.45, 2.75) is 218 Å². The van der Waals surface area contributed by atoms with Gasteiger partial charge in [0.25, 0.3) is 5.91 Å². The molecule has 12 rings (SSSR count). The van der Waals surface area contributed by atoms with Gasteiger partial charge in [0, 0.05) is 158 Å². The van der Waals surface area contributed by atoms with E-state index >= 15 is 0 Å². The van der Waals surface area contributed by atoms with Crippen molar-refractivity contribution in [2.75, 3.05) is 131 Å². The van der Waals surface area contributed by atoms with E-state index in [1.807, 2.05) is 153 Å². The van der Waals surface area contributed by atoms with Crippen molar-refractivity contribution in [3.05, 3.63) is 155 Å². The molecule has 1 saturated carbocycles. The van der Waals surface area contributed by atoms with Crippen LogP contribution in [0.15, 0.2) is 179 Å². The maximum atomic E-state index is 12.3. The number of benzene rings is 1. The molecule has 3 aromatic heterocycles. The number of para-hydroxylation sites is 1. The fourth-order valence-corrected chi connectivity index (χ4v) is 14.0. The van der Waals surface area contributed by atoms with Gasteiger partial charge in [0.15, 0.2) is 28.9 Å². The maximum Gasteiger partial charge on any atom is 0.251 e. The van der Waals surface area contributed by atoms with Gasteiger partial charge in [0.1, 0.15) is 46.6 Å². The molecule has 2 fully saturated rings. The highest BCUT2D eigenvalue weighted by Crippen LogP contribution is 2.24. The van der Waals surface area contributed by atoms with Crippen molar-refractivity contribution in [3.8, 4) is 0 Å². The predicted octanol–water partition coefficient (Wildman–Crippen LogP) is 11.2. The third-order valence-electron chi connectivity index (χ3n) is 19.5. The van der Waals surface area contributed by atoms with Gasteiger partial charge in [-0.25, -0.2) is 0 Å². The molecule has 1 atom stereocenters. The van der Waals surface area contributed by atoms with Crippen LogP contribution in [0.2, 0.25) is 0 Å². The summed E-state index contributed by atoms with van der Waals surface area (Å²) in [6, 6.07) is 20.7. The minimum atomic E-state index is 0.105. The summed E-state index contributed by atoms with van der Waals surface area (Å²) in [4.78, 5) is 111. The quantitative estimate of drug-likeness (QED) is 0.0193. The number of nitrogens with one attached hydrogen (secondary N) is 12. The number of carbonyl (C=O) groups is 6. The summed E-state index contributed by atoms with van der Waals surface area (Å²) in [6.07, 6.45) is 27.0. The summed E-state index contributed by atoms with van der Waals surface area (Å²) in [5, 5.41) is 39.2. The van der Waals surface area contributed by atoms with Crippen LogP contribution in [-0.4, -0.2) is 254 Å². The smallest absolute Gasteiger partial charge is 0.251 e. The van der Waals surface area contributed by atoms with Crippen molar-refractivity contribution >= 4 is 105 Å². The summed E-state index contributed by atoms with van der Waals surface area (Å²) < 4.78 is 0. The lowest BCUT2D eigenvalue weighted by Crippen LogP contribution is -2.32. The number of aliphatic imine (C=N–C) groups is 6. The van der Waals surface area contributed by atoms with Crippen LogP contribution in [0, 0.1) is 5.92 Å². The molecule has 0 radical (unpaired) electrons. The van der Waals surface area contributed by atoms with E-state index in [2.05, 4.69) is 200 Å². The van der Waals surface area contributed by atoms with Gasteiger partial charge < -0.3 is 72.9 Å². The molecule has 0 bridgehead atoms. The third kappa shape index (κ3) is 39.2. The molecule has 123 heavy (non-hydrogen) atoms. The third-order valence-corrected chi connectivity index (χ3v) is 20.6. The first kappa shape index (κ1) is 101. The minimum absolute atomic E-state index is 0.105. The van der Waals surface area contributed by atoms with Crippen LogP contribution >= 0.6 is 11.8 Å².